The lowest BCUT2D eigenvalue weighted by Crippen LogP contribution is -2.50. The molecule has 0 saturated carbocycles. The highest BCUT2D eigenvalue weighted by Crippen LogP contribution is 2.37. The molecule has 120 valence electrons. The summed E-state index contributed by atoms with van der Waals surface area (Å²) in [6.07, 6.45) is 1.92. The van der Waals surface area contributed by atoms with Crippen molar-refractivity contribution in [3.05, 3.63) is 18.2 Å². The minimum Gasteiger partial charge on any atom is -0.486 e. The fraction of sp³-hybridized carbons (Fsp3) is 0.533. The van der Waals surface area contributed by atoms with E-state index in [0.717, 1.165) is 30.9 Å². The van der Waals surface area contributed by atoms with Crippen LogP contribution in [0.1, 0.15) is 12.8 Å². The van der Waals surface area contributed by atoms with E-state index >= 15 is 0 Å². The van der Waals surface area contributed by atoms with Gasteiger partial charge in [0.05, 0.1) is 12.3 Å². The van der Waals surface area contributed by atoms with E-state index in [1.165, 1.54) is 0 Å². The molecule has 0 spiro atoms. The Kier molecular flexibility index (Phi) is 4.97. The Morgan fingerprint density at radius 3 is 3.00 bits per heavy atom. The summed E-state index contributed by atoms with van der Waals surface area (Å²) in [6.45, 7) is 2.41. The number of benzene rings is 1. The van der Waals surface area contributed by atoms with Crippen LogP contribution in [0.3, 0.4) is 0 Å². The lowest BCUT2D eigenvalue weighted by molar-refractivity contribution is 0.132. The smallest absolute Gasteiger partial charge is 0.184 e. The number of rotatable bonds is 2. The highest BCUT2D eigenvalue weighted by Gasteiger charge is 2.22. The quantitative estimate of drug-likeness (QED) is 0.707. The van der Waals surface area contributed by atoms with E-state index in [2.05, 4.69) is 10.6 Å². The first-order valence-corrected chi connectivity index (χ1v) is 7.94. The van der Waals surface area contributed by atoms with Crippen molar-refractivity contribution >= 4 is 23.0 Å². The predicted molar refractivity (Wildman–Crippen MR) is 88.6 cm³/mol. The summed E-state index contributed by atoms with van der Waals surface area (Å²) in [5.74, 6) is 1.44. The van der Waals surface area contributed by atoms with Crippen LogP contribution in [0.15, 0.2) is 18.2 Å². The van der Waals surface area contributed by atoms with Gasteiger partial charge in [0, 0.05) is 18.7 Å². The van der Waals surface area contributed by atoms with Crippen LogP contribution in [-0.2, 0) is 4.74 Å². The molecule has 2 atom stereocenters. The fourth-order valence-electron chi connectivity index (χ4n) is 2.63. The zero-order chi connectivity index (χ0) is 15.4. The van der Waals surface area contributed by atoms with Crippen molar-refractivity contribution in [2.24, 2.45) is 5.73 Å². The number of para-hydroxylation sites is 1. The van der Waals surface area contributed by atoms with Crippen LogP contribution >= 0.6 is 12.2 Å². The topological polar surface area (TPSA) is 77.8 Å². The summed E-state index contributed by atoms with van der Waals surface area (Å²) in [7, 11) is 0. The Hall–Kier alpha value is -1.57. The minimum atomic E-state index is -0.0634. The lowest BCUT2D eigenvalue weighted by atomic mass is 10.1. The highest BCUT2D eigenvalue weighted by molar-refractivity contribution is 7.80. The van der Waals surface area contributed by atoms with Crippen LogP contribution in [0.25, 0.3) is 0 Å². The summed E-state index contributed by atoms with van der Waals surface area (Å²) in [4.78, 5) is 0. The average molecular weight is 323 g/mol. The fourth-order valence-corrected chi connectivity index (χ4v) is 2.89. The number of ether oxygens (including phenoxy) is 3. The molecule has 2 aliphatic heterocycles. The van der Waals surface area contributed by atoms with E-state index in [-0.39, 0.29) is 12.1 Å². The molecule has 2 heterocycles. The average Bonchev–Trinajstić information content (AvgIpc) is 2.73. The van der Waals surface area contributed by atoms with Gasteiger partial charge in [-0.05, 0) is 37.2 Å². The molecule has 4 N–H and O–H groups in total. The Morgan fingerprint density at radius 1 is 1.23 bits per heavy atom. The first-order chi connectivity index (χ1) is 10.7. The van der Waals surface area contributed by atoms with Crippen LogP contribution < -0.4 is 25.8 Å². The van der Waals surface area contributed by atoms with Crippen molar-refractivity contribution in [3.63, 3.8) is 0 Å². The molecule has 0 unspecified atom stereocenters. The van der Waals surface area contributed by atoms with Crippen LogP contribution in [-0.4, -0.2) is 43.6 Å². The molecule has 22 heavy (non-hydrogen) atoms. The van der Waals surface area contributed by atoms with Crippen molar-refractivity contribution in [1.82, 2.24) is 5.32 Å². The highest BCUT2D eigenvalue weighted by atomic mass is 32.1. The molecule has 2 aliphatic rings. The van der Waals surface area contributed by atoms with Gasteiger partial charge in [0.15, 0.2) is 16.6 Å². The number of thiocarbonyl (C=S) groups is 1. The third-order valence-corrected chi connectivity index (χ3v) is 3.98. The molecule has 1 saturated heterocycles. The number of fused-ring (bicyclic) bond motifs is 1. The van der Waals surface area contributed by atoms with Gasteiger partial charge in [0.2, 0.25) is 0 Å². The molecule has 1 aromatic carbocycles. The Bertz CT molecular complexity index is 541. The maximum atomic E-state index is 6.11. The summed E-state index contributed by atoms with van der Waals surface area (Å²) < 4.78 is 16.7. The second-order valence-electron chi connectivity index (χ2n) is 5.42. The van der Waals surface area contributed by atoms with Crippen molar-refractivity contribution < 1.29 is 14.2 Å². The summed E-state index contributed by atoms with van der Waals surface area (Å²) in [6, 6.07) is 5.75. The molecule has 0 aromatic heterocycles. The molecular weight excluding hydrogens is 302 g/mol. The van der Waals surface area contributed by atoms with Gasteiger partial charge in [-0.3, -0.25) is 0 Å². The third-order valence-electron chi connectivity index (χ3n) is 3.76. The molecular formula is C15H21N3O3S. The van der Waals surface area contributed by atoms with Crippen molar-refractivity contribution in [3.8, 4) is 11.5 Å². The minimum absolute atomic E-state index is 0.0634. The van der Waals surface area contributed by atoms with Gasteiger partial charge in [-0.1, -0.05) is 6.07 Å². The molecule has 0 bridgehead atoms. The van der Waals surface area contributed by atoms with Crippen molar-refractivity contribution in [2.45, 2.75) is 24.9 Å². The SMILES string of the molecule is N[C@H]1COCCC[C@H]1NC(=S)Nc1cccc2c1OCCO2. The summed E-state index contributed by atoms with van der Waals surface area (Å²) >= 11 is 5.40. The van der Waals surface area contributed by atoms with Crippen LogP contribution in [0, 0.1) is 0 Å². The van der Waals surface area contributed by atoms with E-state index < -0.39 is 0 Å². The van der Waals surface area contributed by atoms with E-state index in [0.29, 0.717) is 30.7 Å². The Labute approximate surface area is 135 Å². The number of hydrogen-bond acceptors (Lipinski definition) is 5. The Morgan fingerprint density at radius 2 is 2.09 bits per heavy atom. The molecule has 7 heteroatoms. The first kappa shape index (κ1) is 15.3. The monoisotopic (exact) mass is 323 g/mol. The zero-order valence-corrected chi connectivity index (χ0v) is 13.2. The number of anilines is 1. The van der Waals surface area contributed by atoms with E-state index in [1.807, 2.05) is 18.2 Å². The van der Waals surface area contributed by atoms with E-state index in [4.69, 9.17) is 32.2 Å². The molecule has 3 rings (SSSR count). The molecule has 1 fully saturated rings. The van der Waals surface area contributed by atoms with Crippen LogP contribution in [0.4, 0.5) is 5.69 Å². The molecule has 0 amide bonds. The molecule has 0 radical (unpaired) electrons. The number of nitrogens with two attached hydrogens (primary N) is 1. The van der Waals surface area contributed by atoms with Gasteiger partial charge >= 0.3 is 0 Å². The van der Waals surface area contributed by atoms with E-state index in [1.54, 1.807) is 0 Å². The predicted octanol–water partition coefficient (Wildman–Crippen LogP) is 1.25. The van der Waals surface area contributed by atoms with Crippen LogP contribution in [0.2, 0.25) is 0 Å². The second-order valence-corrected chi connectivity index (χ2v) is 5.82. The summed E-state index contributed by atoms with van der Waals surface area (Å²) in [5.41, 5.74) is 6.91. The normalized spacial score (nSPS) is 24.2. The summed E-state index contributed by atoms with van der Waals surface area (Å²) in [5, 5.41) is 6.99. The van der Waals surface area contributed by atoms with Gasteiger partial charge in [-0.15, -0.1) is 0 Å². The molecule has 0 aliphatic carbocycles. The Balaban J connectivity index is 1.64. The largest absolute Gasteiger partial charge is 0.486 e. The second kappa shape index (κ2) is 7.13. The molecule has 6 nitrogen and oxygen atoms in total. The number of hydrogen-bond donors (Lipinski definition) is 3. The zero-order valence-electron chi connectivity index (χ0n) is 12.3. The first-order valence-electron chi connectivity index (χ1n) is 7.53. The van der Waals surface area contributed by atoms with Gasteiger partial charge in [-0.2, -0.15) is 0 Å². The number of nitrogens with one attached hydrogen (secondary N) is 2. The maximum absolute atomic E-state index is 6.11. The van der Waals surface area contributed by atoms with Gasteiger partial charge in [0.1, 0.15) is 13.2 Å². The molecule has 1 aromatic rings. The lowest BCUT2D eigenvalue weighted by Gasteiger charge is -2.25. The van der Waals surface area contributed by atoms with Crippen LogP contribution in [0.5, 0.6) is 11.5 Å². The van der Waals surface area contributed by atoms with Gasteiger partial charge < -0.3 is 30.6 Å². The van der Waals surface area contributed by atoms with E-state index in [9.17, 15) is 0 Å². The van der Waals surface area contributed by atoms with Gasteiger partial charge in [-0.25, -0.2) is 0 Å². The van der Waals surface area contributed by atoms with Crippen molar-refractivity contribution in [2.75, 3.05) is 31.7 Å². The maximum Gasteiger partial charge on any atom is 0.184 e. The third kappa shape index (κ3) is 3.60. The van der Waals surface area contributed by atoms with Gasteiger partial charge in [0.25, 0.3) is 0 Å². The van der Waals surface area contributed by atoms with Crippen molar-refractivity contribution in [1.29, 1.82) is 0 Å². The standard InChI is InChI=1S/C15H21N3O3S/c16-10-9-19-6-2-4-11(10)17-15(22)18-12-3-1-5-13-14(12)21-8-7-20-13/h1,3,5,10-11H,2,4,6-9,16H2,(H2,17,18,22)/t10-,11+/m0/s1.